The SMILES string of the molecule is CCOC(=O)C(=O)N1CCC2NC(=O)CCC2C1. The molecule has 1 N–H and O–H groups in total. The number of ether oxygens (including phenoxy) is 1. The van der Waals surface area contributed by atoms with Gasteiger partial charge in [0.15, 0.2) is 0 Å². The number of nitrogens with zero attached hydrogens (tertiary/aromatic N) is 1. The molecule has 0 aromatic heterocycles. The largest absolute Gasteiger partial charge is 0.459 e. The van der Waals surface area contributed by atoms with Crippen molar-refractivity contribution in [3.63, 3.8) is 0 Å². The van der Waals surface area contributed by atoms with Crippen LogP contribution in [0.1, 0.15) is 26.2 Å². The first-order chi connectivity index (χ1) is 8.61. The van der Waals surface area contributed by atoms with Gasteiger partial charge in [-0.05, 0) is 25.7 Å². The van der Waals surface area contributed by atoms with Crippen LogP contribution in [0.25, 0.3) is 0 Å². The zero-order chi connectivity index (χ0) is 13.1. The van der Waals surface area contributed by atoms with Crippen LogP contribution in [0.15, 0.2) is 0 Å². The summed E-state index contributed by atoms with van der Waals surface area (Å²) >= 11 is 0. The van der Waals surface area contributed by atoms with Gasteiger partial charge in [0.25, 0.3) is 0 Å². The summed E-state index contributed by atoms with van der Waals surface area (Å²) < 4.78 is 4.71. The minimum atomic E-state index is -0.782. The van der Waals surface area contributed by atoms with E-state index in [-0.39, 0.29) is 24.5 Å². The van der Waals surface area contributed by atoms with Gasteiger partial charge in [0.2, 0.25) is 5.91 Å². The van der Waals surface area contributed by atoms with Crippen LogP contribution in [0.5, 0.6) is 0 Å². The lowest BCUT2D eigenvalue weighted by molar-refractivity contribution is -0.161. The summed E-state index contributed by atoms with van der Waals surface area (Å²) in [6.07, 6.45) is 1.99. The van der Waals surface area contributed by atoms with E-state index in [0.29, 0.717) is 25.9 Å². The summed E-state index contributed by atoms with van der Waals surface area (Å²) in [4.78, 5) is 36.0. The highest BCUT2D eigenvalue weighted by molar-refractivity contribution is 6.32. The second kappa shape index (κ2) is 5.37. The number of hydrogen-bond acceptors (Lipinski definition) is 4. The van der Waals surface area contributed by atoms with Gasteiger partial charge in [-0.3, -0.25) is 9.59 Å². The van der Waals surface area contributed by atoms with Crippen LogP contribution in [0.4, 0.5) is 0 Å². The molecule has 2 rings (SSSR count). The number of carbonyl (C=O) groups excluding carboxylic acids is 3. The molecule has 2 saturated heterocycles. The Bertz CT molecular complexity index is 369. The summed E-state index contributed by atoms with van der Waals surface area (Å²) in [5, 5.41) is 2.94. The van der Waals surface area contributed by atoms with Crippen LogP contribution < -0.4 is 5.32 Å². The molecule has 2 unspecified atom stereocenters. The van der Waals surface area contributed by atoms with Crippen molar-refractivity contribution in [1.82, 2.24) is 10.2 Å². The summed E-state index contributed by atoms with van der Waals surface area (Å²) in [6.45, 7) is 2.91. The van der Waals surface area contributed by atoms with Crippen molar-refractivity contribution in [2.75, 3.05) is 19.7 Å². The van der Waals surface area contributed by atoms with Gasteiger partial charge in [0.1, 0.15) is 0 Å². The Balaban J connectivity index is 1.92. The van der Waals surface area contributed by atoms with E-state index >= 15 is 0 Å². The number of nitrogens with one attached hydrogen (secondary N) is 1. The number of esters is 1. The normalized spacial score (nSPS) is 27.2. The first-order valence-corrected chi connectivity index (χ1v) is 6.37. The minimum Gasteiger partial charge on any atom is -0.459 e. The second-order valence-corrected chi connectivity index (χ2v) is 4.73. The Kier molecular flexibility index (Phi) is 3.84. The van der Waals surface area contributed by atoms with Gasteiger partial charge in [0, 0.05) is 25.6 Å². The molecule has 2 amide bonds. The van der Waals surface area contributed by atoms with E-state index in [9.17, 15) is 14.4 Å². The molecule has 0 aromatic rings. The highest BCUT2D eigenvalue weighted by atomic mass is 16.5. The Morgan fingerprint density at radius 2 is 2.22 bits per heavy atom. The Hall–Kier alpha value is -1.59. The lowest BCUT2D eigenvalue weighted by atomic mass is 9.85. The number of likely N-dealkylation sites (tertiary alicyclic amines) is 1. The smallest absolute Gasteiger partial charge is 0.397 e. The number of piperidine rings is 2. The van der Waals surface area contributed by atoms with Crippen LogP contribution in [0, 0.1) is 5.92 Å². The van der Waals surface area contributed by atoms with Crippen molar-refractivity contribution in [2.24, 2.45) is 5.92 Å². The topological polar surface area (TPSA) is 75.7 Å². The maximum absolute atomic E-state index is 11.8. The Labute approximate surface area is 106 Å². The molecule has 2 fully saturated rings. The molecule has 0 spiro atoms. The van der Waals surface area contributed by atoms with Gasteiger partial charge in [-0.15, -0.1) is 0 Å². The molecule has 0 saturated carbocycles. The van der Waals surface area contributed by atoms with Gasteiger partial charge in [-0.2, -0.15) is 0 Å². The maximum Gasteiger partial charge on any atom is 0.397 e. The average Bonchev–Trinajstić information content (AvgIpc) is 2.37. The molecular weight excluding hydrogens is 236 g/mol. The number of amides is 2. The summed E-state index contributed by atoms with van der Waals surface area (Å²) in [6, 6.07) is 0.150. The van der Waals surface area contributed by atoms with Crippen molar-refractivity contribution in [1.29, 1.82) is 0 Å². The Morgan fingerprint density at radius 3 is 2.94 bits per heavy atom. The van der Waals surface area contributed by atoms with Gasteiger partial charge in [-0.1, -0.05) is 0 Å². The number of carbonyl (C=O) groups is 3. The van der Waals surface area contributed by atoms with Crippen LogP contribution in [0.3, 0.4) is 0 Å². The molecule has 0 aromatic carbocycles. The van der Waals surface area contributed by atoms with E-state index in [0.717, 1.165) is 6.42 Å². The predicted octanol–water partition coefficient (Wildman–Crippen LogP) is -0.323. The molecule has 6 nitrogen and oxygen atoms in total. The minimum absolute atomic E-state index is 0.0846. The van der Waals surface area contributed by atoms with Crippen molar-refractivity contribution in [3.05, 3.63) is 0 Å². The molecule has 2 aliphatic heterocycles. The summed E-state index contributed by atoms with van der Waals surface area (Å²) in [5.41, 5.74) is 0. The van der Waals surface area contributed by atoms with Crippen LogP contribution in [0.2, 0.25) is 0 Å². The molecule has 0 bridgehead atoms. The van der Waals surface area contributed by atoms with Gasteiger partial charge < -0.3 is 15.0 Å². The van der Waals surface area contributed by atoms with Crippen molar-refractivity contribution in [2.45, 2.75) is 32.2 Å². The van der Waals surface area contributed by atoms with Crippen LogP contribution in [-0.2, 0) is 19.1 Å². The van der Waals surface area contributed by atoms with E-state index in [2.05, 4.69) is 5.32 Å². The first kappa shape index (κ1) is 12.9. The first-order valence-electron chi connectivity index (χ1n) is 6.37. The van der Waals surface area contributed by atoms with E-state index < -0.39 is 11.9 Å². The number of hydrogen-bond donors (Lipinski definition) is 1. The highest BCUT2D eigenvalue weighted by Crippen LogP contribution is 2.25. The van der Waals surface area contributed by atoms with Gasteiger partial charge >= 0.3 is 11.9 Å². The maximum atomic E-state index is 11.8. The average molecular weight is 254 g/mol. The fourth-order valence-corrected chi connectivity index (χ4v) is 2.62. The summed E-state index contributed by atoms with van der Waals surface area (Å²) in [7, 11) is 0. The number of fused-ring (bicyclic) bond motifs is 1. The van der Waals surface area contributed by atoms with Gasteiger partial charge in [-0.25, -0.2) is 4.79 Å². The lowest BCUT2D eigenvalue weighted by Gasteiger charge is -2.40. The zero-order valence-corrected chi connectivity index (χ0v) is 10.5. The monoisotopic (exact) mass is 254 g/mol. The molecule has 100 valence electrons. The standard InChI is InChI=1S/C12H18N2O4/c1-2-18-12(17)11(16)14-6-5-9-8(7-14)3-4-10(15)13-9/h8-9H,2-7H2,1H3,(H,13,15). The molecule has 0 aliphatic carbocycles. The second-order valence-electron chi connectivity index (χ2n) is 4.73. The van der Waals surface area contributed by atoms with E-state index in [4.69, 9.17) is 4.74 Å². The molecule has 18 heavy (non-hydrogen) atoms. The molecule has 6 heteroatoms. The molecular formula is C12H18N2O4. The predicted molar refractivity (Wildman–Crippen MR) is 62.5 cm³/mol. The molecule has 2 heterocycles. The summed E-state index contributed by atoms with van der Waals surface area (Å²) in [5.74, 6) is -1.00. The van der Waals surface area contributed by atoms with Crippen LogP contribution in [-0.4, -0.2) is 48.4 Å². The van der Waals surface area contributed by atoms with Crippen LogP contribution >= 0.6 is 0 Å². The molecule has 2 atom stereocenters. The molecule has 0 radical (unpaired) electrons. The Morgan fingerprint density at radius 1 is 1.44 bits per heavy atom. The van der Waals surface area contributed by atoms with E-state index in [1.807, 2.05) is 0 Å². The van der Waals surface area contributed by atoms with Crippen molar-refractivity contribution >= 4 is 17.8 Å². The van der Waals surface area contributed by atoms with Crippen molar-refractivity contribution in [3.8, 4) is 0 Å². The zero-order valence-electron chi connectivity index (χ0n) is 10.5. The molecule has 2 aliphatic rings. The third-order valence-electron chi connectivity index (χ3n) is 3.56. The highest BCUT2D eigenvalue weighted by Gasteiger charge is 2.37. The third kappa shape index (κ3) is 2.63. The number of rotatable bonds is 1. The van der Waals surface area contributed by atoms with E-state index in [1.165, 1.54) is 4.90 Å². The fraction of sp³-hybridized carbons (Fsp3) is 0.750. The lowest BCUT2D eigenvalue weighted by Crippen LogP contribution is -2.56. The third-order valence-corrected chi connectivity index (χ3v) is 3.56. The van der Waals surface area contributed by atoms with E-state index in [1.54, 1.807) is 6.92 Å². The quantitative estimate of drug-likeness (QED) is 0.514. The van der Waals surface area contributed by atoms with Crippen molar-refractivity contribution < 1.29 is 19.1 Å². The fourth-order valence-electron chi connectivity index (χ4n) is 2.62. The van der Waals surface area contributed by atoms with Gasteiger partial charge in [0.05, 0.1) is 6.61 Å².